The zero-order valence-corrected chi connectivity index (χ0v) is 8.69. The summed E-state index contributed by atoms with van der Waals surface area (Å²) in [6, 6.07) is 0. The van der Waals surface area contributed by atoms with Crippen LogP contribution in [0.4, 0.5) is 0 Å². The third-order valence-corrected chi connectivity index (χ3v) is 2.08. The summed E-state index contributed by atoms with van der Waals surface area (Å²) in [5, 5.41) is 0. The SMILES string of the molecule is COCC(=O)CCCc1nccn1C. The van der Waals surface area contributed by atoms with Crippen molar-refractivity contribution in [2.75, 3.05) is 13.7 Å². The van der Waals surface area contributed by atoms with E-state index in [1.807, 2.05) is 17.8 Å². The van der Waals surface area contributed by atoms with Crippen LogP contribution < -0.4 is 0 Å². The molecule has 78 valence electrons. The molecular weight excluding hydrogens is 180 g/mol. The van der Waals surface area contributed by atoms with Gasteiger partial charge in [0, 0.05) is 39.4 Å². The number of ketones is 1. The second-order valence-corrected chi connectivity index (χ2v) is 3.28. The van der Waals surface area contributed by atoms with Crippen molar-refractivity contribution in [2.24, 2.45) is 7.05 Å². The van der Waals surface area contributed by atoms with E-state index in [0.29, 0.717) is 6.42 Å². The summed E-state index contributed by atoms with van der Waals surface area (Å²) in [4.78, 5) is 15.3. The van der Waals surface area contributed by atoms with Crippen LogP contribution in [-0.4, -0.2) is 29.1 Å². The number of Topliss-reactive ketones (excluding diaryl/α,β-unsaturated/α-hetero) is 1. The molecule has 0 fully saturated rings. The first-order valence-corrected chi connectivity index (χ1v) is 4.71. The zero-order valence-electron chi connectivity index (χ0n) is 8.69. The number of methoxy groups -OCH3 is 1. The lowest BCUT2D eigenvalue weighted by Crippen LogP contribution is -2.07. The zero-order chi connectivity index (χ0) is 10.4. The molecule has 1 aromatic rings. The molecule has 0 aromatic carbocycles. The van der Waals surface area contributed by atoms with Crippen molar-refractivity contribution >= 4 is 5.78 Å². The Morgan fingerprint density at radius 2 is 2.43 bits per heavy atom. The van der Waals surface area contributed by atoms with Crippen LogP contribution in [0.1, 0.15) is 18.7 Å². The molecule has 0 aliphatic carbocycles. The van der Waals surface area contributed by atoms with Crippen LogP contribution in [-0.2, 0) is 23.0 Å². The molecule has 0 atom stereocenters. The van der Waals surface area contributed by atoms with Crippen LogP contribution in [0.15, 0.2) is 12.4 Å². The number of carbonyl (C=O) groups is 1. The highest BCUT2D eigenvalue weighted by molar-refractivity contribution is 5.79. The highest BCUT2D eigenvalue weighted by atomic mass is 16.5. The van der Waals surface area contributed by atoms with Gasteiger partial charge in [-0.25, -0.2) is 4.98 Å². The van der Waals surface area contributed by atoms with Gasteiger partial charge in [0.2, 0.25) is 0 Å². The predicted molar refractivity (Wildman–Crippen MR) is 53.0 cm³/mol. The van der Waals surface area contributed by atoms with Gasteiger partial charge in [0.05, 0.1) is 0 Å². The minimum atomic E-state index is 0.154. The van der Waals surface area contributed by atoms with Crippen LogP contribution in [0, 0.1) is 0 Å². The average molecular weight is 196 g/mol. The normalized spacial score (nSPS) is 10.4. The van der Waals surface area contributed by atoms with E-state index in [9.17, 15) is 4.79 Å². The molecular formula is C10H16N2O2. The Kier molecular flexibility index (Phi) is 4.32. The molecule has 0 saturated carbocycles. The minimum absolute atomic E-state index is 0.154. The van der Waals surface area contributed by atoms with E-state index in [4.69, 9.17) is 4.74 Å². The Balaban J connectivity index is 2.22. The molecule has 0 saturated heterocycles. The third kappa shape index (κ3) is 3.30. The maximum Gasteiger partial charge on any atom is 0.158 e. The predicted octanol–water partition coefficient (Wildman–Crippen LogP) is 0.958. The van der Waals surface area contributed by atoms with Gasteiger partial charge in [-0.3, -0.25) is 4.79 Å². The van der Waals surface area contributed by atoms with Crippen molar-refractivity contribution in [2.45, 2.75) is 19.3 Å². The van der Waals surface area contributed by atoms with Crippen molar-refractivity contribution in [3.63, 3.8) is 0 Å². The smallest absolute Gasteiger partial charge is 0.158 e. The molecule has 14 heavy (non-hydrogen) atoms. The molecule has 0 spiro atoms. The monoisotopic (exact) mass is 196 g/mol. The molecule has 0 aliphatic rings. The summed E-state index contributed by atoms with van der Waals surface area (Å²) in [6.07, 6.45) is 5.94. The Morgan fingerprint density at radius 3 is 3.00 bits per heavy atom. The number of hydrogen-bond acceptors (Lipinski definition) is 3. The van der Waals surface area contributed by atoms with Gasteiger partial charge in [-0.15, -0.1) is 0 Å². The first-order valence-electron chi connectivity index (χ1n) is 4.71. The summed E-state index contributed by atoms with van der Waals surface area (Å²) in [5.41, 5.74) is 0. The summed E-state index contributed by atoms with van der Waals surface area (Å²) in [5.74, 6) is 1.18. The van der Waals surface area contributed by atoms with Gasteiger partial charge in [-0.05, 0) is 6.42 Å². The first kappa shape index (κ1) is 10.9. The fourth-order valence-corrected chi connectivity index (χ4v) is 1.31. The Hall–Kier alpha value is -1.16. The largest absolute Gasteiger partial charge is 0.377 e. The molecule has 0 bridgehead atoms. The molecule has 0 amide bonds. The van der Waals surface area contributed by atoms with E-state index in [0.717, 1.165) is 18.7 Å². The van der Waals surface area contributed by atoms with Crippen molar-refractivity contribution in [3.05, 3.63) is 18.2 Å². The third-order valence-electron chi connectivity index (χ3n) is 2.08. The van der Waals surface area contributed by atoms with E-state index < -0.39 is 0 Å². The van der Waals surface area contributed by atoms with Crippen LogP contribution in [0.3, 0.4) is 0 Å². The molecule has 1 heterocycles. The van der Waals surface area contributed by atoms with E-state index in [-0.39, 0.29) is 12.4 Å². The first-order chi connectivity index (χ1) is 6.74. The Morgan fingerprint density at radius 1 is 1.64 bits per heavy atom. The lowest BCUT2D eigenvalue weighted by Gasteiger charge is -2.01. The molecule has 0 radical (unpaired) electrons. The van der Waals surface area contributed by atoms with Crippen molar-refractivity contribution in [1.29, 1.82) is 0 Å². The molecule has 1 aromatic heterocycles. The van der Waals surface area contributed by atoms with Crippen molar-refractivity contribution in [3.8, 4) is 0 Å². The van der Waals surface area contributed by atoms with Gasteiger partial charge < -0.3 is 9.30 Å². The van der Waals surface area contributed by atoms with Crippen LogP contribution >= 0.6 is 0 Å². The van der Waals surface area contributed by atoms with Crippen molar-refractivity contribution < 1.29 is 9.53 Å². The second kappa shape index (κ2) is 5.54. The molecule has 0 aliphatic heterocycles. The number of rotatable bonds is 6. The fraction of sp³-hybridized carbons (Fsp3) is 0.600. The van der Waals surface area contributed by atoms with Crippen LogP contribution in [0.25, 0.3) is 0 Å². The van der Waals surface area contributed by atoms with E-state index in [2.05, 4.69) is 4.98 Å². The summed E-state index contributed by atoms with van der Waals surface area (Å²) >= 11 is 0. The highest BCUT2D eigenvalue weighted by Gasteiger charge is 2.03. The summed E-state index contributed by atoms with van der Waals surface area (Å²) in [6.45, 7) is 0.223. The van der Waals surface area contributed by atoms with E-state index in [1.54, 1.807) is 6.20 Å². The molecule has 0 N–H and O–H groups in total. The standard InChI is InChI=1S/C10H16N2O2/c1-12-7-6-11-10(12)5-3-4-9(13)8-14-2/h6-7H,3-5,8H2,1-2H3. The maximum atomic E-state index is 11.1. The lowest BCUT2D eigenvalue weighted by molar-refractivity contribution is -0.122. The number of aromatic nitrogens is 2. The van der Waals surface area contributed by atoms with Gasteiger partial charge >= 0.3 is 0 Å². The van der Waals surface area contributed by atoms with Gasteiger partial charge in [0.1, 0.15) is 12.4 Å². The number of aryl methyl sites for hydroxylation is 2. The van der Waals surface area contributed by atoms with Gasteiger partial charge in [-0.1, -0.05) is 0 Å². The fourth-order valence-electron chi connectivity index (χ4n) is 1.31. The topological polar surface area (TPSA) is 44.1 Å². The maximum absolute atomic E-state index is 11.1. The highest BCUT2D eigenvalue weighted by Crippen LogP contribution is 2.02. The Labute approximate surface area is 83.9 Å². The Bertz CT molecular complexity index is 294. The lowest BCUT2D eigenvalue weighted by atomic mass is 10.2. The number of imidazole rings is 1. The number of hydrogen-bond donors (Lipinski definition) is 0. The average Bonchev–Trinajstić information content (AvgIpc) is 2.52. The van der Waals surface area contributed by atoms with E-state index >= 15 is 0 Å². The quantitative estimate of drug-likeness (QED) is 0.680. The number of ether oxygens (including phenoxy) is 1. The minimum Gasteiger partial charge on any atom is -0.377 e. The van der Waals surface area contributed by atoms with Crippen LogP contribution in [0.2, 0.25) is 0 Å². The molecule has 4 nitrogen and oxygen atoms in total. The molecule has 1 rings (SSSR count). The van der Waals surface area contributed by atoms with E-state index in [1.165, 1.54) is 7.11 Å². The summed E-state index contributed by atoms with van der Waals surface area (Å²) < 4.78 is 6.72. The second-order valence-electron chi connectivity index (χ2n) is 3.28. The van der Waals surface area contributed by atoms with Crippen molar-refractivity contribution in [1.82, 2.24) is 9.55 Å². The summed E-state index contributed by atoms with van der Waals surface area (Å²) in [7, 11) is 3.50. The van der Waals surface area contributed by atoms with Crippen LogP contribution in [0.5, 0.6) is 0 Å². The molecule has 4 heteroatoms. The van der Waals surface area contributed by atoms with Gasteiger partial charge in [-0.2, -0.15) is 0 Å². The number of carbonyl (C=O) groups excluding carboxylic acids is 1. The van der Waals surface area contributed by atoms with Gasteiger partial charge in [0.15, 0.2) is 5.78 Å². The van der Waals surface area contributed by atoms with Gasteiger partial charge in [0.25, 0.3) is 0 Å². The number of nitrogens with zero attached hydrogens (tertiary/aromatic N) is 2. The molecule has 0 unspecified atom stereocenters.